The van der Waals surface area contributed by atoms with E-state index in [1.807, 2.05) is 44.4 Å². The van der Waals surface area contributed by atoms with E-state index in [4.69, 9.17) is 4.42 Å². The summed E-state index contributed by atoms with van der Waals surface area (Å²) in [6, 6.07) is 7.96. The Balaban J connectivity index is 1.66. The number of nitrogens with one attached hydrogen (secondary N) is 1. The van der Waals surface area contributed by atoms with Gasteiger partial charge in [0.25, 0.3) is 0 Å². The third-order valence-corrected chi connectivity index (χ3v) is 4.88. The van der Waals surface area contributed by atoms with E-state index in [0.29, 0.717) is 25.3 Å². The molecule has 1 fully saturated rings. The van der Waals surface area contributed by atoms with Gasteiger partial charge >= 0.3 is 6.01 Å². The van der Waals surface area contributed by atoms with E-state index < -0.39 is 0 Å². The number of rotatable bonds is 6. The van der Waals surface area contributed by atoms with Gasteiger partial charge in [0.2, 0.25) is 17.7 Å². The maximum absolute atomic E-state index is 12.4. The van der Waals surface area contributed by atoms with Gasteiger partial charge in [0.05, 0.1) is 5.92 Å². The molecule has 0 saturated carbocycles. The summed E-state index contributed by atoms with van der Waals surface area (Å²) >= 11 is 1.66. The number of anilines is 2. The molecule has 2 amide bonds. The van der Waals surface area contributed by atoms with E-state index in [0.717, 1.165) is 10.6 Å². The van der Waals surface area contributed by atoms with Gasteiger partial charge < -0.3 is 9.32 Å². The molecule has 0 spiro atoms. The van der Waals surface area contributed by atoms with Crippen molar-refractivity contribution in [3.8, 4) is 0 Å². The van der Waals surface area contributed by atoms with Crippen LogP contribution in [0.1, 0.15) is 38.5 Å². The highest BCUT2D eigenvalue weighted by Crippen LogP contribution is 2.32. The summed E-state index contributed by atoms with van der Waals surface area (Å²) in [7, 11) is 0. The van der Waals surface area contributed by atoms with E-state index in [-0.39, 0.29) is 29.7 Å². The summed E-state index contributed by atoms with van der Waals surface area (Å²) < 4.78 is 5.55. The Kier molecular flexibility index (Phi) is 5.61. The SMILES string of the molecule is CSc1ccc(N2CC(c3nnc(NC(=O)CC(C)C)o3)CC2=O)cc1. The van der Waals surface area contributed by atoms with Crippen LogP contribution in [0.3, 0.4) is 0 Å². The second-order valence-electron chi connectivity index (χ2n) is 6.70. The molecule has 1 aromatic carbocycles. The van der Waals surface area contributed by atoms with Crippen molar-refractivity contribution in [2.45, 2.75) is 37.5 Å². The second kappa shape index (κ2) is 7.90. The maximum Gasteiger partial charge on any atom is 0.322 e. The number of aromatic nitrogens is 2. The van der Waals surface area contributed by atoms with Crippen molar-refractivity contribution < 1.29 is 14.0 Å². The zero-order valence-corrected chi connectivity index (χ0v) is 15.9. The Morgan fingerprint density at radius 1 is 1.35 bits per heavy atom. The minimum Gasteiger partial charge on any atom is -0.407 e. The lowest BCUT2D eigenvalue weighted by Gasteiger charge is -2.16. The number of carbonyl (C=O) groups excluding carboxylic acids is 2. The highest BCUT2D eigenvalue weighted by molar-refractivity contribution is 7.98. The quantitative estimate of drug-likeness (QED) is 0.781. The second-order valence-corrected chi connectivity index (χ2v) is 7.57. The van der Waals surface area contributed by atoms with Gasteiger partial charge in [-0.05, 0) is 36.4 Å². The molecule has 0 radical (unpaired) electrons. The van der Waals surface area contributed by atoms with Crippen LogP contribution in [0.15, 0.2) is 33.6 Å². The molecule has 1 atom stereocenters. The van der Waals surface area contributed by atoms with E-state index in [2.05, 4.69) is 15.5 Å². The Bertz CT molecular complexity index is 788. The topological polar surface area (TPSA) is 88.3 Å². The number of carbonyl (C=O) groups is 2. The molecule has 0 bridgehead atoms. The molecule has 2 heterocycles. The lowest BCUT2D eigenvalue weighted by molar-refractivity contribution is -0.118. The number of amides is 2. The van der Waals surface area contributed by atoms with E-state index >= 15 is 0 Å². The van der Waals surface area contributed by atoms with E-state index in [1.54, 1.807) is 16.7 Å². The molecule has 1 unspecified atom stereocenters. The van der Waals surface area contributed by atoms with E-state index in [9.17, 15) is 9.59 Å². The van der Waals surface area contributed by atoms with Crippen molar-refractivity contribution in [2.75, 3.05) is 23.0 Å². The van der Waals surface area contributed by atoms with Crippen LogP contribution in [0.4, 0.5) is 11.7 Å². The van der Waals surface area contributed by atoms with Crippen molar-refractivity contribution in [3.05, 3.63) is 30.2 Å². The summed E-state index contributed by atoms with van der Waals surface area (Å²) in [5.41, 5.74) is 0.861. The highest BCUT2D eigenvalue weighted by atomic mass is 32.2. The third kappa shape index (κ3) is 4.24. The summed E-state index contributed by atoms with van der Waals surface area (Å²) in [6.45, 7) is 4.41. The zero-order chi connectivity index (χ0) is 18.7. The van der Waals surface area contributed by atoms with Gasteiger partial charge in [-0.15, -0.1) is 16.9 Å². The highest BCUT2D eigenvalue weighted by Gasteiger charge is 2.35. The predicted molar refractivity (Wildman–Crippen MR) is 100 cm³/mol. The fourth-order valence-corrected chi connectivity index (χ4v) is 3.28. The molecule has 7 nitrogen and oxygen atoms in total. The normalized spacial score (nSPS) is 17.2. The summed E-state index contributed by atoms with van der Waals surface area (Å²) in [6.07, 6.45) is 2.71. The molecule has 3 rings (SSSR count). The number of hydrogen-bond donors (Lipinski definition) is 1. The molecule has 1 aliphatic heterocycles. The third-order valence-electron chi connectivity index (χ3n) is 4.14. The number of hydrogen-bond acceptors (Lipinski definition) is 6. The van der Waals surface area contributed by atoms with Crippen LogP contribution in [-0.2, 0) is 9.59 Å². The average molecular weight is 374 g/mol. The molecule has 0 aliphatic carbocycles. The summed E-state index contributed by atoms with van der Waals surface area (Å²) in [5.74, 6) is 0.312. The largest absolute Gasteiger partial charge is 0.407 e. The Morgan fingerprint density at radius 2 is 2.08 bits per heavy atom. The van der Waals surface area contributed by atoms with Crippen LogP contribution in [-0.4, -0.2) is 34.8 Å². The Hall–Kier alpha value is -2.35. The first-order valence-electron chi connectivity index (χ1n) is 8.54. The zero-order valence-electron chi connectivity index (χ0n) is 15.1. The number of benzene rings is 1. The van der Waals surface area contributed by atoms with Crippen LogP contribution < -0.4 is 10.2 Å². The fraction of sp³-hybridized carbons (Fsp3) is 0.444. The van der Waals surface area contributed by atoms with Crippen molar-refractivity contribution in [2.24, 2.45) is 5.92 Å². The maximum atomic E-state index is 12.4. The van der Waals surface area contributed by atoms with Crippen LogP contribution in [0.25, 0.3) is 0 Å². The average Bonchev–Trinajstić information content (AvgIpc) is 3.21. The van der Waals surface area contributed by atoms with Crippen molar-refractivity contribution in [3.63, 3.8) is 0 Å². The first-order chi connectivity index (χ1) is 12.5. The Morgan fingerprint density at radius 3 is 2.73 bits per heavy atom. The minimum atomic E-state index is -0.175. The van der Waals surface area contributed by atoms with E-state index in [1.165, 1.54) is 0 Å². The van der Waals surface area contributed by atoms with Gasteiger partial charge in [-0.2, -0.15) is 0 Å². The van der Waals surface area contributed by atoms with Gasteiger partial charge in [0.1, 0.15) is 0 Å². The molecular formula is C18H22N4O3S. The number of nitrogens with zero attached hydrogens (tertiary/aromatic N) is 3. The van der Waals surface area contributed by atoms with Gasteiger partial charge in [-0.3, -0.25) is 14.9 Å². The van der Waals surface area contributed by atoms with Crippen LogP contribution in [0.5, 0.6) is 0 Å². The van der Waals surface area contributed by atoms with Crippen LogP contribution in [0.2, 0.25) is 0 Å². The molecule has 138 valence electrons. The van der Waals surface area contributed by atoms with Gasteiger partial charge in [0.15, 0.2) is 0 Å². The fourth-order valence-electron chi connectivity index (χ4n) is 2.88. The van der Waals surface area contributed by atoms with Gasteiger partial charge in [-0.25, -0.2) is 0 Å². The molecule has 1 saturated heterocycles. The smallest absolute Gasteiger partial charge is 0.322 e. The molecule has 26 heavy (non-hydrogen) atoms. The Labute approximate surface area is 156 Å². The van der Waals surface area contributed by atoms with Crippen molar-refractivity contribution in [1.29, 1.82) is 0 Å². The molecule has 1 N–H and O–H groups in total. The van der Waals surface area contributed by atoms with Crippen LogP contribution >= 0.6 is 11.8 Å². The predicted octanol–water partition coefficient (Wildman–Crippen LogP) is 3.30. The first kappa shape index (κ1) is 18.4. The summed E-state index contributed by atoms with van der Waals surface area (Å²) in [5, 5.41) is 10.5. The summed E-state index contributed by atoms with van der Waals surface area (Å²) in [4.78, 5) is 27.1. The lowest BCUT2D eigenvalue weighted by atomic mass is 10.1. The molecule has 1 aromatic heterocycles. The molecule has 1 aliphatic rings. The molecule has 2 aromatic rings. The molecule has 8 heteroatoms. The van der Waals surface area contributed by atoms with Crippen molar-refractivity contribution >= 4 is 35.3 Å². The standard InChI is InChI=1S/C18H22N4O3S/c1-11(2)8-15(23)19-18-21-20-17(25-18)12-9-16(24)22(10-12)13-4-6-14(26-3)7-5-13/h4-7,11-12H,8-10H2,1-3H3,(H,19,21,23). The first-order valence-corrected chi connectivity index (χ1v) is 9.76. The van der Waals surface area contributed by atoms with Gasteiger partial charge in [-0.1, -0.05) is 18.9 Å². The van der Waals surface area contributed by atoms with Crippen LogP contribution in [0, 0.1) is 5.92 Å². The van der Waals surface area contributed by atoms with Gasteiger partial charge in [0, 0.05) is 30.0 Å². The minimum absolute atomic E-state index is 0.0236. The van der Waals surface area contributed by atoms with Crippen molar-refractivity contribution in [1.82, 2.24) is 10.2 Å². The monoisotopic (exact) mass is 374 g/mol. The lowest BCUT2D eigenvalue weighted by Crippen LogP contribution is -2.24. The number of thioether (sulfide) groups is 1. The molecular weight excluding hydrogens is 352 g/mol.